The van der Waals surface area contributed by atoms with E-state index in [2.05, 4.69) is 25.8 Å². The van der Waals surface area contributed by atoms with Crippen LogP contribution in [0.5, 0.6) is 0 Å². The molecular formula is C15H26N2O2. The van der Waals surface area contributed by atoms with E-state index in [0.29, 0.717) is 6.54 Å². The topological polar surface area (TPSA) is 40.6 Å². The molecule has 2 rings (SSSR count). The molecule has 0 spiro atoms. The van der Waals surface area contributed by atoms with E-state index < -0.39 is 0 Å². The minimum atomic E-state index is -0.0764. The summed E-state index contributed by atoms with van der Waals surface area (Å²) in [5, 5.41) is 0. The van der Waals surface area contributed by atoms with Gasteiger partial charge < -0.3 is 9.80 Å². The fourth-order valence-electron chi connectivity index (χ4n) is 3.49. The van der Waals surface area contributed by atoms with Gasteiger partial charge in [0.2, 0.25) is 5.91 Å². The zero-order valence-corrected chi connectivity index (χ0v) is 12.6. The maximum absolute atomic E-state index is 12.6. The molecule has 2 heterocycles. The van der Waals surface area contributed by atoms with E-state index in [0.717, 1.165) is 32.5 Å². The number of ketones is 1. The third-order valence-electron chi connectivity index (χ3n) is 4.81. The summed E-state index contributed by atoms with van der Waals surface area (Å²) in [5.41, 5.74) is -0.0764. The van der Waals surface area contributed by atoms with E-state index in [-0.39, 0.29) is 28.9 Å². The Balaban J connectivity index is 2.00. The molecule has 0 N–H and O–H groups in total. The molecule has 2 aliphatic heterocycles. The Morgan fingerprint density at radius 1 is 1.16 bits per heavy atom. The van der Waals surface area contributed by atoms with Crippen molar-refractivity contribution >= 4 is 11.7 Å². The lowest BCUT2D eigenvalue weighted by atomic mass is 9.80. The first-order chi connectivity index (χ1) is 8.81. The van der Waals surface area contributed by atoms with E-state index >= 15 is 0 Å². The van der Waals surface area contributed by atoms with Crippen molar-refractivity contribution in [3.8, 4) is 0 Å². The molecule has 1 atom stereocenters. The first kappa shape index (κ1) is 14.5. The van der Waals surface area contributed by atoms with Gasteiger partial charge in [-0.15, -0.1) is 0 Å². The molecule has 1 unspecified atom stereocenters. The monoisotopic (exact) mass is 266 g/mol. The SMILES string of the molecule is CC(=O)C1CN(C(=O)C2CCN(C)CC2)CC1(C)C. The molecule has 19 heavy (non-hydrogen) atoms. The second-order valence-corrected chi connectivity index (χ2v) is 6.95. The van der Waals surface area contributed by atoms with Gasteiger partial charge in [0, 0.05) is 24.9 Å². The summed E-state index contributed by atoms with van der Waals surface area (Å²) in [7, 11) is 2.10. The van der Waals surface area contributed by atoms with Crippen molar-refractivity contribution in [3.05, 3.63) is 0 Å². The van der Waals surface area contributed by atoms with Gasteiger partial charge in [-0.2, -0.15) is 0 Å². The van der Waals surface area contributed by atoms with Crippen LogP contribution in [0.1, 0.15) is 33.6 Å². The molecule has 0 aromatic carbocycles. The van der Waals surface area contributed by atoms with Gasteiger partial charge in [0.1, 0.15) is 5.78 Å². The Labute approximate surface area is 116 Å². The molecule has 0 aliphatic carbocycles. The van der Waals surface area contributed by atoms with Crippen molar-refractivity contribution in [2.45, 2.75) is 33.6 Å². The van der Waals surface area contributed by atoms with Gasteiger partial charge >= 0.3 is 0 Å². The summed E-state index contributed by atoms with van der Waals surface area (Å²) < 4.78 is 0. The highest BCUT2D eigenvalue weighted by Gasteiger charge is 2.44. The van der Waals surface area contributed by atoms with Crippen LogP contribution in [0, 0.1) is 17.3 Å². The number of amides is 1. The average Bonchev–Trinajstić information content (AvgIpc) is 2.65. The van der Waals surface area contributed by atoms with Crippen LogP contribution < -0.4 is 0 Å². The molecule has 2 fully saturated rings. The predicted octanol–water partition coefficient (Wildman–Crippen LogP) is 1.40. The van der Waals surface area contributed by atoms with Crippen LogP contribution in [0.25, 0.3) is 0 Å². The third kappa shape index (κ3) is 2.99. The van der Waals surface area contributed by atoms with E-state index in [1.807, 2.05) is 4.90 Å². The van der Waals surface area contributed by atoms with Crippen LogP contribution in [0.3, 0.4) is 0 Å². The van der Waals surface area contributed by atoms with Crippen molar-refractivity contribution in [2.24, 2.45) is 17.3 Å². The lowest BCUT2D eigenvalue weighted by Gasteiger charge is -2.31. The van der Waals surface area contributed by atoms with Crippen molar-refractivity contribution in [1.29, 1.82) is 0 Å². The molecule has 4 nitrogen and oxygen atoms in total. The Kier molecular flexibility index (Phi) is 4.00. The number of Topliss-reactive ketones (excluding diaryl/α,β-unsaturated/α-hetero) is 1. The fourth-order valence-corrected chi connectivity index (χ4v) is 3.49. The zero-order valence-electron chi connectivity index (χ0n) is 12.6. The first-order valence-electron chi connectivity index (χ1n) is 7.29. The highest BCUT2D eigenvalue weighted by atomic mass is 16.2. The normalized spacial score (nSPS) is 28.6. The molecule has 4 heteroatoms. The van der Waals surface area contributed by atoms with E-state index in [1.165, 1.54) is 0 Å². The van der Waals surface area contributed by atoms with Crippen LogP contribution in [0.15, 0.2) is 0 Å². The van der Waals surface area contributed by atoms with Crippen molar-refractivity contribution in [3.63, 3.8) is 0 Å². The molecule has 1 amide bonds. The molecule has 2 saturated heterocycles. The molecule has 0 aromatic heterocycles. The predicted molar refractivity (Wildman–Crippen MR) is 74.8 cm³/mol. The summed E-state index contributed by atoms with van der Waals surface area (Å²) in [4.78, 5) is 28.5. The zero-order chi connectivity index (χ0) is 14.2. The maximum Gasteiger partial charge on any atom is 0.225 e. The Bertz CT molecular complexity index is 370. The van der Waals surface area contributed by atoms with Gasteiger partial charge in [-0.1, -0.05) is 13.8 Å². The van der Waals surface area contributed by atoms with E-state index in [4.69, 9.17) is 0 Å². The number of piperidine rings is 1. The summed E-state index contributed by atoms with van der Waals surface area (Å²) in [5.74, 6) is 0.647. The number of nitrogens with zero attached hydrogens (tertiary/aromatic N) is 2. The third-order valence-corrected chi connectivity index (χ3v) is 4.81. The summed E-state index contributed by atoms with van der Waals surface area (Å²) >= 11 is 0. The highest BCUT2D eigenvalue weighted by Crippen LogP contribution is 2.37. The average molecular weight is 266 g/mol. The smallest absolute Gasteiger partial charge is 0.225 e. The number of carbonyl (C=O) groups excluding carboxylic acids is 2. The largest absolute Gasteiger partial charge is 0.341 e. The number of rotatable bonds is 2. The van der Waals surface area contributed by atoms with Crippen molar-refractivity contribution in [1.82, 2.24) is 9.80 Å². The van der Waals surface area contributed by atoms with Gasteiger partial charge in [-0.05, 0) is 45.3 Å². The number of hydrogen-bond acceptors (Lipinski definition) is 3. The molecular weight excluding hydrogens is 240 g/mol. The number of likely N-dealkylation sites (tertiary alicyclic amines) is 2. The maximum atomic E-state index is 12.6. The van der Waals surface area contributed by atoms with Gasteiger partial charge in [0.05, 0.1) is 0 Å². The second-order valence-electron chi connectivity index (χ2n) is 6.95. The van der Waals surface area contributed by atoms with Gasteiger partial charge in [-0.3, -0.25) is 9.59 Å². The van der Waals surface area contributed by atoms with Gasteiger partial charge in [-0.25, -0.2) is 0 Å². The minimum absolute atomic E-state index is 0.00251. The molecule has 108 valence electrons. The van der Waals surface area contributed by atoms with Gasteiger partial charge in [0.15, 0.2) is 0 Å². The lowest BCUT2D eigenvalue weighted by molar-refractivity contribution is -0.136. The minimum Gasteiger partial charge on any atom is -0.341 e. The highest BCUT2D eigenvalue weighted by molar-refractivity contribution is 5.83. The summed E-state index contributed by atoms with van der Waals surface area (Å²) in [6.45, 7) is 9.20. The van der Waals surface area contributed by atoms with Crippen LogP contribution in [0.2, 0.25) is 0 Å². The Morgan fingerprint density at radius 3 is 2.21 bits per heavy atom. The lowest BCUT2D eigenvalue weighted by Crippen LogP contribution is -2.41. The van der Waals surface area contributed by atoms with Crippen molar-refractivity contribution < 1.29 is 9.59 Å². The van der Waals surface area contributed by atoms with Gasteiger partial charge in [0.25, 0.3) is 0 Å². The Hall–Kier alpha value is -0.900. The molecule has 0 radical (unpaired) electrons. The molecule has 2 aliphatic rings. The molecule has 0 bridgehead atoms. The fraction of sp³-hybridized carbons (Fsp3) is 0.867. The Morgan fingerprint density at radius 2 is 1.74 bits per heavy atom. The van der Waals surface area contributed by atoms with Crippen LogP contribution >= 0.6 is 0 Å². The quantitative estimate of drug-likeness (QED) is 0.758. The van der Waals surface area contributed by atoms with Crippen LogP contribution in [0.4, 0.5) is 0 Å². The second kappa shape index (κ2) is 5.23. The summed E-state index contributed by atoms with van der Waals surface area (Å²) in [6.07, 6.45) is 1.91. The molecule has 0 saturated carbocycles. The van der Waals surface area contributed by atoms with Crippen molar-refractivity contribution in [2.75, 3.05) is 33.2 Å². The first-order valence-corrected chi connectivity index (χ1v) is 7.29. The van der Waals surface area contributed by atoms with E-state index in [9.17, 15) is 9.59 Å². The standard InChI is InChI=1S/C15H26N2O2/c1-11(18)13-9-17(10-15(13,2)3)14(19)12-5-7-16(4)8-6-12/h12-13H,5-10H2,1-4H3. The molecule has 0 aromatic rings. The summed E-state index contributed by atoms with van der Waals surface area (Å²) in [6, 6.07) is 0. The number of carbonyl (C=O) groups is 2. The van der Waals surface area contributed by atoms with Crippen LogP contribution in [-0.2, 0) is 9.59 Å². The van der Waals surface area contributed by atoms with Crippen LogP contribution in [-0.4, -0.2) is 54.7 Å². The number of hydrogen-bond donors (Lipinski definition) is 0. The van der Waals surface area contributed by atoms with E-state index in [1.54, 1.807) is 6.92 Å².